The average Bonchev–Trinajstić information content (AvgIpc) is 3.08. The van der Waals surface area contributed by atoms with Crippen LogP contribution in [-0.4, -0.2) is 62.5 Å². The summed E-state index contributed by atoms with van der Waals surface area (Å²) in [4.78, 5) is 47.2. The van der Waals surface area contributed by atoms with Crippen molar-refractivity contribution < 1.29 is 47.6 Å². The number of rotatable bonds is 20. The topological polar surface area (TPSA) is 124 Å². The van der Waals surface area contributed by atoms with Crippen molar-refractivity contribution in [2.75, 3.05) is 33.0 Å². The standard InChI is InChI=1S/C37H42O10/c1-4-33(38)43-24-7-6-23-42-31-16-12-29(13-17-31)35(40)45-27-20-28-10-14-32(15-11-28)47-36(41)30-18-21-37(3,22-19-30)46-26-9-8-25-44-34(39)5-2/h4-5,10-19,21H,1-2,6-9,20,22-27H2,3H3. The summed E-state index contributed by atoms with van der Waals surface area (Å²) in [6, 6.07) is 13.7. The molecule has 0 aliphatic heterocycles. The molecular weight excluding hydrogens is 604 g/mol. The minimum atomic E-state index is -0.531. The SMILES string of the molecule is C=CC(=O)OCCCCOc1ccc(C(=O)OCCc2ccc(OC(=O)C3=CCC(C)(OCCCCOC(=O)C=C)C=C3)cc2)cc1. The second kappa shape index (κ2) is 19.5. The molecule has 0 saturated carbocycles. The summed E-state index contributed by atoms with van der Waals surface area (Å²) in [7, 11) is 0. The normalized spacial score (nSPS) is 15.1. The van der Waals surface area contributed by atoms with E-state index in [0.29, 0.717) is 81.2 Å². The highest BCUT2D eigenvalue weighted by atomic mass is 16.5. The zero-order chi connectivity index (χ0) is 33.9. The molecule has 0 N–H and O–H groups in total. The van der Waals surface area contributed by atoms with Crippen LogP contribution in [0, 0.1) is 0 Å². The molecule has 1 unspecified atom stereocenters. The van der Waals surface area contributed by atoms with Crippen molar-refractivity contribution in [3.05, 3.63) is 109 Å². The molecule has 10 heteroatoms. The van der Waals surface area contributed by atoms with Gasteiger partial charge in [-0.1, -0.05) is 37.4 Å². The highest BCUT2D eigenvalue weighted by molar-refractivity contribution is 5.93. The number of esters is 4. The molecule has 0 heterocycles. The molecule has 0 fully saturated rings. The van der Waals surface area contributed by atoms with Gasteiger partial charge in [-0.3, -0.25) is 0 Å². The van der Waals surface area contributed by atoms with Crippen molar-refractivity contribution in [1.29, 1.82) is 0 Å². The van der Waals surface area contributed by atoms with E-state index in [2.05, 4.69) is 13.2 Å². The molecule has 47 heavy (non-hydrogen) atoms. The Morgan fingerprint density at radius 1 is 0.723 bits per heavy atom. The fourth-order valence-electron chi connectivity index (χ4n) is 4.26. The smallest absolute Gasteiger partial charge is 0.343 e. The second-order valence-electron chi connectivity index (χ2n) is 10.8. The van der Waals surface area contributed by atoms with Gasteiger partial charge in [0, 0.05) is 25.2 Å². The Kier molecular flexibility index (Phi) is 15.2. The summed E-state index contributed by atoms with van der Waals surface area (Å²) in [5.74, 6) is -0.739. The lowest BCUT2D eigenvalue weighted by Gasteiger charge is -2.28. The van der Waals surface area contributed by atoms with Crippen LogP contribution in [0.25, 0.3) is 0 Å². The lowest BCUT2D eigenvalue weighted by Crippen LogP contribution is -2.29. The van der Waals surface area contributed by atoms with Gasteiger partial charge in [0.1, 0.15) is 11.5 Å². The molecule has 2 aromatic rings. The monoisotopic (exact) mass is 646 g/mol. The molecule has 0 amide bonds. The number of unbranched alkanes of at least 4 members (excludes halogenated alkanes) is 2. The van der Waals surface area contributed by atoms with E-state index in [9.17, 15) is 19.2 Å². The van der Waals surface area contributed by atoms with Gasteiger partial charge in [0.25, 0.3) is 0 Å². The van der Waals surface area contributed by atoms with Gasteiger partial charge in [-0.25, -0.2) is 19.2 Å². The van der Waals surface area contributed by atoms with E-state index < -0.39 is 29.5 Å². The molecule has 0 spiro atoms. The van der Waals surface area contributed by atoms with E-state index in [1.165, 1.54) is 0 Å². The molecule has 1 atom stereocenters. The lowest BCUT2D eigenvalue weighted by molar-refractivity contribution is -0.138. The van der Waals surface area contributed by atoms with Gasteiger partial charge >= 0.3 is 23.9 Å². The zero-order valence-electron chi connectivity index (χ0n) is 26.8. The third-order valence-electron chi connectivity index (χ3n) is 7.03. The molecule has 0 bridgehead atoms. The fraction of sp³-hybridized carbons (Fsp3) is 0.351. The van der Waals surface area contributed by atoms with Crippen LogP contribution in [0.15, 0.2) is 97.6 Å². The first-order valence-corrected chi connectivity index (χ1v) is 15.5. The van der Waals surface area contributed by atoms with E-state index in [1.54, 1.807) is 48.6 Å². The molecule has 0 radical (unpaired) electrons. The highest BCUT2D eigenvalue weighted by Gasteiger charge is 2.25. The van der Waals surface area contributed by atoms with Gasteiger partial charge in [0.05, 0.1) is 43.2 Å². The molecule has 3 rings (SSSR count). The van der Waals surface area contributed by atoms with E-state index in [-0.39, 0.29) is 6.61 Å². The lowest BCUT2D eigenvalue weighted by atomic mass is 9.93. The van der Waals surface area contributed by atoms with E-state index >= 15 is 0 Å². The molecule has 250 valence electrons. The van der Waals surface area contributed by atoms with Gasteiger partial charge in [-0.2, -0.15) is 0 Å². The summed E-state index contributed by atoms with van der Waals surface area (Å²) < 4.78 is 32.4. The van der Waals surface area contributed by atoms with Crippen molar-refractivity contribution in [2.45, 2.75) is 51.0 Å². The molecular formula is C37H42O10. The van der Waals surface area contributed by atoms with Crippen molar-refractivity contribution in [1.82, 2.24) is 0 Å². The van der Waals surface area contributed by atoms with Crippen LogP contribution in [0.1, 0.15) is 54.9 Å². The minimum absolute atomic E-state index is 0.188. The fourth-order valence-corrected chi connectivity index (χ4v) is 4.26. The highest BCUT2D eigenvalue weighted by Crippen LogP contribution is 2.26. The van der Waals surface area contributed by atoms with Crippen molar-refractivity contribution in [3.63, 3.8) is 0 Å². The number of carbonyl (C=O) groups is 4. The van der Waals surface area contributed by atoms with Crippen molar-refractivity contribution >= 4 is 23.9 Å². The third kappa shape index (κ3) is 13.5. The van der Waals surface area contributed by atoms with Gasteiger partial charge in [-0.15, -0.1) is 0 Å². The van der Waals surface area contributed by atoms with Crippen LogP contribution >= 0.6 is 0 Å². The summed E-state index contributed by atoms with van der Waals surface area (Å²) in [5.41, 5.74) is 1.25. The number of hydrogen-bond acceptors (Lipinski definition) is 10. The largest absolute Gasteiger partial charge is 0.494 e. The maximum atomic E-state index is 12.7. The predicted octanol–water partition coefficient (Wildman–Crippen LogP) is 6.05. The quantitative estimate of drug-likeness (QED) is 0.0552. The summed E-state index contributed by atoms with van der Waals surface area (Å²) in [6.07, 6.45) is 11.4. The van der Waals surface area contributed by atoms with Crippen LogP contribution in [0.2, 0.25) is 0 Å². The number of benzene rings is 2. The van der Waals surface area contributed by atoms with Crippen LogP contribution in [-0.2, 0) is 39.8 Å². The van der Waals surface area contributed by atoms with E-state index in [1.807, 2.05) is 25.1 Å². The number of ether oxygens (including phenoxy) is 6. The first kappa shape index (κ1) is 36.5. The van der Waals surface area contributed by atoms with Crippen molar-refractivity contribution in [3.8, 4) is 11.5 Å². The second-order valence-corrected chi connectivity index (χ2v) is 10.8. The summed E-state index contributed by atoms with van der Waals surface area (Å²) in [6.45, 7) is 10.4. The Hall–Kier alpha value is -4.96. The number of carbonyl (C=O) groups excluding carboxylic acids is 4. The Balaban J connectivity index is 1.31. The Morgan fingerprint density at radius 2 is 1.32 bits per heavy atom. The Bertz CT molecular complexity index is 1420. The summed E-state index contributed by atoms with van der Waals surface area (Å²) >= 11 is 0. The Morgan fingerprint density at radius 3 is 1.91 bits per heavy atom. The van der Waals surface area contributed by atoms with E-state index in [0.717, 1.165) is 24.1 Å². The molecule has 2 aromatic carbocycles. The molecule has 1 aliphatic rings. The molecule has 0 aromatic heterocycles. The van der Waals surface area contributed by atoms with Crippen LogP contribution in [0.4, 0.5) is 0 Å². The Labute approximate surface area is 275 Å². The first-order valence-electron chi connectivity index (χ1n) is 15.5. The maximum Gasteiger partial charge on any atom is 0.343 e. The third-order valence-corrected chi connectivity index (χ3v) is 7.03. The molecule has 0 saturated heterocycles. The van der Waals surface area contributed by atoms with Crippen LogP contribution in [0.5, 0.6) is 11.5 Å². The average molecular weight is 647 g/mol. The van der Waals surface area contributed by atoms with E-state index in [4.69, 9.17) is 28.4 Å². The zero-order valence-corrected chi connectivity index (χ0v) is 26.8. The van der Waals surface area contributed by atoms with Crippen LogP contribution < -0.4 is 9.47 Å². The van der Waals surface area contributed by atoms with Gasteiger partial charge in [0.15, 0.2) is 0 Å². The van der Waals surface area contributed by atoms with Gasteiger partial charge in [-0.05, 0) is 87.1 Å². The molecule has 1 aliphatic carbocycles. The predicted molar refractivity (Wildman–Crippen MR) is 175 cm³/mol. The maximum absolute atomic E-state index is 12.7. The van der Waals surface area contributed by atoms with Gasteiger partial charge in [0.2, 0.25) is 0 Å². The summed E-state index contributed by atoms with van der Waals surface area (Å²) in [5, 5.41) is 0. The first-order chi connectivity index (χ1) is 22.7. The number of hydrogen-bond donors (Lipinski definition) is 0. The van der Waals surface area contributed by atoms with Gasteiger partial charge < -0.3 is 28.4 Å². The van der Waals surface area contributed by atoms with Crippen molar-refractivity contribution in [2.24, 2.45) is 0 Å². The minimum Gasteiger partial charge on any atom is -0.494 e. The van der Waals surface area contributed by atoms with Crippen LogP contribution in [0.3, 0.4) is 0 Å². The molecule has 10 nitrogen and oxygen atoms in total.